The molecular weight excluding hydrogens is 444 g/mol. The van der Waals surface area contributed by atoms with E-state index in [0.717, 1.165) is 61.2 Å². The molecule has 0 radical (unpaired) electrons. The fourth-order valence-corrected chi connectivity index (χ4v) is 5.58. The molecule has 2 saturated heterocycles. The van der Waals surface area contributed by atoms with E-state index in [1.807, 2.05) is 12.1 Å². The fraction of sp³-hybridized carbons (Fsp3) is 0.483. The minimum Gasteiger partial charge on any atom is -0.478 e. The van der Waals surface area contributed by atoms with E-state index in [-0.39, 0.29) is 23.9 Å². The van der Waals surface area contributed by atoms with E-state index >= 15 is 0 Å². The first-order valence-corrected chi connectivity index (χ1v) is 12.5. The zero-order valence-electron chi connectivity index (χ0n) is 20.5. The van der Waals surface area contributed by atoms with Crippen molar-refractivity contribution in [2.45, 2.75) is 76.2 Å². The van der Waals surface area contributed by atoms with Crippen LogP contribution in [0.25, 0.3) is 0 Å². The molecule has 1 aliphatic carbocycles. The number of rotatable bonds is 8. The summed E-state index contributed by atoms with van der Waals surface area (Å²) >= 11 is 0. The maximum Gasteiger partial charge on any atom is 0.335 e. The van der Waals surface area contributed by atoms with E-state index < -0.39 is 17.2 Å². The molecule has 0 amide bonds. The van der Waals surface area contributed by atoms with Crippen LogP contribution in [0.3, 0.4) is 0 Å². The third kappa shape index (κ3) is 4.63. The Kier molecular flexibility index (Phi) is 6.47. The van der Waals surface area contributed by atoms with Crippen LogP contribution < -0.4 is 4.74 Å². The van der Waals surface area contributed by atoms with Gasteiger partial charge in [0.2, 0.25) is 0 Å². The first-order valence-electron chi connectivity index (χ1n) is 12.5. The molecule has 6 nitrogen and oxygen atoms in total. The minimum atomic E-state index is -0.930. The van der Waals surface area contributed by atoms with Crippen LogP contribution in [0.5, 0.6) is 5.75 Å². The van der Waals surface area contributed by atoms with Gasteiger partial charge in [-0.2, -0.15) is 0 Å². The molecule has 2 aliphatic heterocycles. The summed E-state index contributed by atoms with van der Waals surface area (Å²) < 4.78 is 24.7. The van der Waals surface area contributed by atoms with Crippen LogP contribution in [0.1, 0.15) is 67.4 Å². The quantitative estimate of drug-likeness (QED) is 0.379. The zero-order valence-corrected chi connectivity index (χ0v) is 20.5. The lowest BCUT2D eigenvalue weighted by molar-refractivity contribution is -0.105. The average molecular weight is 479 g/mol. The van der Waals surface area contributed by atoms with Crippen LogP contribution >= 0.6 is 0 Å². The summed E-state index contributed by atoms with van der Waals surface area (Å²) in [6.45, 7) is 9.61. The van der Waals surface area contributed by atoms with E-state index in [1.54, 1.807) is 24.3 Å². The van der Waals surface area contributed by atoms with Gasteiger partial charge in [0.1, 0.15) is 17.0 Å². The average Bonchev–Trinajstić information content (AvgIpc) is 3.50. The lowest BCUT2D eigenvalue weighted by Crippen LogP contribution is -2.43. The summed E-state index contributed by atoms with van der Waals surface area (Å²) in [5, 5.41) is 9.13. The highest BCUT2D eigenvalue weighted by atomic mass is 16.7. The number of carbonyl (C=O) groups is 1. The molecule has 6 heteroatoms. The van der Waals surface area contributed by atoms with Gasteiger partial charge in [-0.05, 0) is 80.8 Å². The number of ether oxygens (including phenoxy) is 4. The Morgan fingerprint density at radius 3 is 2.51 bits per heavy atom. The number of carboxylic acid groups (broad SMARTS) is 1. The lowest BCUT2D eigenvalue weighted by Gasteiger charge is -2.36. The van der Waals surface area contributed by atoms with Crippen LogP contribution in [-0.2, 0) is 26.4 Å². The van der Waals surface area contributed by atoms with E-state index in [9.17, 15) is 4.79 Å². The molecule has 5 unspecified atom stereocenters. The summed E-state index contributed by atoms with van der Waals surface area (Å²) in [7, 11) is 0. The van der Waals surface area contributed by atoms with Crippen molar-refractivity contribution in [3.05, 3.63) is 77.4 Å². The number of aromatic carboxylic acids is 1. The second kappa shape index (κ2) is 9.41. The van der Waals surface area contributed by atoms with Crippen LogP contribution in [-0.4, -0.2) is 35.7 Å². The molecule has 0 spiro atoms. The van der Waals surface area contributed by atoms with Gasteiger partial charge in [-0.25, -0.2) is 4.79 Å². The van der Waals surface area contributed by atoms with E-state index in [2.05, 4.69) is 32.6 Å². The van der Waals surface area contributed by atoms with Crippen molar-refractivity contribution in [3.8, 4) is 5.75 Å². The number of carboxylic acids is 1. The lowest BCUT2D eigenvalue weighted by atomic mass is 9.68. The predicted octanol–water partition coefficient (Wildman–Crippen LogP) is 5.85. The first kappa shape index (κ1) is 24.0. The molecule has 0 aromatic heterocycles. The van der Waals surface area contributed by atoms with Crippen molar-refractivity contribution < 1.29 is 28.8 Å². The van der Waals surface area contributed by atoms with Crippen LogP contribution in [0.2, 0.25) is 0 Å². The van der Waals surface area contributed by atoms with Gasteiger partial charge in [0, 0.05) is 6.42 Å². The molecule has 2 aromatic carbocycles. The highest BCUT2D eigenvalue weighted by Crippen LogP contribution is 2.66. The molecule has 1 saturated carbocycles. The van der Waals surface area contributed by atoms with E-state index in [1.165, 1.54) is 0 Å². The Labute approximate surface area is 206 Å². The topological polar surface area (TPSA) is 77.5 Å². The van der Waals surface area contributed by atoms with Gasteiger partial charge in [0.15, 0.2) is 6.29 Å². The SMILES string of the molecule is C=C(C)C1CC(OCc2ccc(C(=O)O)cc2)C2(C)OC2(c2ccc(OC3CCCCO3)cc2)C1. The molecular formula is C29H34O6. The maximum absolute atomic E-state index is 11.1. The number of benzene rings is 2. The molecule has 3 aliphatic rings. The molecule has 2 heterocycles. The van der Waals surface area contributed by atoms with Crippen molar-refractivity contribution >= 4 is 5.97 Å². The van der Waals surface area contributed by atoms with Gasteiger partial charge in [-0.15, -0.1) is 0 Å². The summed E-state index contributed by atoms with van der Waals surface area (Å²) in [5.41, 5.74) is 2.61. The molecule has 3 fully saturated rings. The second-order valence-electron chi connectivity index (χ2n) is 10.3. The summed E-state index contributed by atoms with van der Waals surface area (Å²) in [6.07, 6.45) is 4.59. The van der Waals surface area contributed by atoms with Crippen molar-refractivity contribution in [3.63, 3.8) is 0 Å². The third-order valence-corrected chi connectivity index (χ3v) is 7.87. The van der Waals surface area contributed by atoms with Gasteiger partial charge in [-0.1, -0.05) is 36.4 Å². The highest BCUT2D eigenvalue weighted by Gasteiger charge is 2.74. The van der Waals surface area contributed by atoms with E-state index in [0.29, 0.717) is 6.61 Å². The highest BCUT2D eigenvalue weighted by molar-refractivity contribution is 5.87. The standard InChI is InChI=1S/C29H34O6/c1-19(2)22-16-25(33-18-20-7-9-21(10-8-20)27(30)31)28(3)29(17-22,35-28)23-11-13-24(14-12-23)34-26-6-4-5-15-32-26/h7-14,22,25-26H,1,4-6,15-18H2,2-3H3,(H,30,31). The largest absolute Gasteiger partial charge is 0.478 e. The predicted molar refractivity (Wildman–Crippen MR) is 131 cm³/mol. The van der Waals surface area contributed by atoms with Crippen molar-refractivity contribution in [1.29, 1.82) is 0 Å². The summed E-state index contributed by atoms with van der Waals surface area (Å²) in [6, 6.07) is 15.1. The number of allylic oxidation sites excluding steroid dienone is 1. The molecule has 35 heavy (non-hydrogen) atoms. The van der Waals surface area contributed by atoms with E-state index in [4.69, 9.17) is 24.1 Å². The molecule has 2 aromatic rings. The Morgan fingerprint density at radius 2 is 1.89 bits per heavy atom. The third-order valence-electron chi connectivity index (χ3n) is 7.87. The van der Waals surface area contributed by atoms with Crippen LogP contribution in [0, 0.1) is 5.92 Å². The maximum atomic E-state index is 11.1. The van der Waals surface area contributed by atoms with Crippen LogP contribution in [0.15, 0.2) is 60.7 Å². The van der Waals surface area contributed by atoms with Crippen LogP contribution in [0.4, 0.5) is 0 Å². The van der Waals surface area contributed by atoms with Gasteiger partial charge in [-0.3, -0.25) is 0 Å². The van der Waals surface area contributed by atoms with Gasteiger partial charge in [0.05, 0.1) is 24.9 Å². The number of hydrogen-bond acceptors (Lipinski definition) is 5. The monoisotopic (exact) mass is 478 g/mol. The first-order chi connectivity index (χ1) is 16.8. The number of epoxide rings is 1. The summed E-state index contributed by atoms with van der Waals surface area (Å²) in [4.78, 5) is 11.1. The minimum absolute atomic E-state index is 0.108. The van der Waals surface area contributed by atoms with Gasteiger partial charge >= 0.3 is 5.97 Å². The number of fused-ring (bicyclic) bond motifs is 1. The second-order valence-corrected chi connectivity index (χ2v) is 10.3. The Bertz CT molecular complexity index is 1070. The Balaban J connectivity index is 1.31. The van der Waals surface area contributed by atoms with Crippen molar-refractivity contribution in [2.24, 2.45) is 5.92 Å². The molecule has 5 rings (SSSR count). The van der Waals surface area contributed by atoms with Gasteiger partial charge < -0.3 is 24.1 Å². The van der Waals surface area contributed by atoms with Gasteiger partial charge in [0.25, 0.3) is 0 Å². The van der Waals surface area contributed by atoms with Crippen molar-refractivity contribution in [1.82, 2.24) is 0 Å². The Morgan fingerprint density at radius 1 is 1.14 bits per heavy atom. The summed E-state index contributed by atoms with van der Waals surface area (Å²) in [5.74, 6) is 0.168. The molecule has 186 valence electrons. The zero-order chi connectivity index (χ0) is 24.6. The normalized spacial score (nSPS) is 31.9. The molecule has 0 bridgehead atoms. The molecule has 5 atom stereocenters. The molecule has 1 N–H and O–H groups in total. The Hall–Kier alpha value is -2.67. The smallest absolute Gasteiger partial charge is 0.335 e. The number of hydrogen-bond donors (Lipinski definition) is 1. The van der Waals surface area contributed by atoms with Crippen molar-refractivity contribution in [2.75, 3.05) is 6.61 Å². The fourth-order valence-electron chi connectivity index (χ4n) is 5.58.